The van der Waals surface area contributed by atoms with E-state index in [1.165, 1.54) is 12.1 Å². The molecular weight excluding hydrogens is 250 g/mol. The SMILES string of the molecule is CCOC(=O)Cc1ccc(C#N)c(CN)c1[N+](=O)[O-]. The number of carbonyl (C=O) groups is 1. The van der Waals surface area contributed by atoms with E-state index >= 15 is 0 Å². The number of hydrogen-bond donors (Lipinski definition) is 1. The number of carbonyl (C=O) groups excluding carboxylic acids is 1. The first-order valence-electron chi connectivity index (χ1n) is 5.60. The number of ether oxygens (including phenoxy) is 1. The molecule has 1 rings (SSSR count). The third kappa shape index (κ3) is 3.26. The van der Waals surface area contributed by atoms with Crippen LogP contribution in [0.2, 0.25) is 0 Å². The van der Waals surface area contributed by atoms with E-state index in [2.05, 4.69) is 0 Å². The first-order valence-corrected chi connectivity index (χ1v) is 5.60. The number of rotatable bonds is 5. The normalized spacial score (nSPS) is 9.74. The van der Waals surface area contributed by atoms with Gasteiger partial charge in [0.1, 0.15) is 0 Å². The second kappa shape index (κ2) is 6.47. The molecule has 0 saturated heterocycles. The van der Waals surface area contributed by atoms with Crippen LogP contribution in [0.1, 0.15) is 23.6 Å². The number of nitro benzene ring substituents is 1. The Kier molecular flexibility index (Phi) is 4.97. The Hall–Kier alpha value is -2.46. The summed E-state index contributed by atoms with van der Waals surface area (Å²) >= 11 is 0. The summed E-state index contributed by atoms with van der Waals surface area (Å²) in [7, 11) is 0. The fourth-order valence-electron chi connectivity index (χ4n) is 1.73. The van der Waals surface area contributed by atoms with Crippen molar-refractivity contribution in [3.8, 4) is 6.07 Å². The molecule has 19 heavy (non-hydrogen) atoms. The van der Waals surface area contributed by atoms with Crippen LogP contribution in [-0.4, -0.2) is 17.5 Å². The Labute approximate surface area is 109 Å². The molecule has 0 heterocycles. The number of nitriles is 1. The molecule has 0 saturated carbocycles. The van der Waals surface area contributed by atoms with E-state index < -0.39 is 10.9 Å². The molecule has 1 aromatic carbocycles. The lowest BCUT2D eigenvalue weighted by atomic mass is 9.99. The highest BCUT2D eigenvalue weighted by atomic mass is 16.6. The third-order valence-corrected chi connectivity index (χ3v) is 2.51. The molecule has 0 amide bonds. The van der Waals surface area contributed by atoms with Crippen LogP contribution in [-0.2, 0) is 22.5 Å². The van der Waals surface area contributed by atoms with Crippen LogP contribution in [0, 0.1) is 21.4 Å². The van der Waals surface area contributed by atoms with E-state index in [-0.39, 0.29) is 42.0 Å². The molecular formula is C12H13N3O4. The lowest BCUT2D eigenvalue weighted by Gasteiger charge is -2.08. The third-order valence-electron chi connectivity index (χ3n) is 2.51. The molecule has 100 valence electrons. The first-order chi connectivity index (χ1) is 9.04. The van der Waals surface area contributed by atoms with Gasteiger partial charge in [-0.3, -0.25) is 14.9 Å². The number of hydrogen-bond acceptors (Lipinski definition) is 6. The Bertz CT molecular complexity index is 549. The molecule has 0 aliphatic carbocycles. The van der Waals surface area contributed by atoms with Crippen LogP contribution < -0.4 is 5.73 Å². The summed E-state index contributed by atoms with van der Waals surface area (Å²) < 4.78 is 4.75. The van der Waals surface area contributed by atoms with Crippen LogP contribution in [0.25, 0.3) is 0 Å². The molecule has 0 spiro atoms. The molecule has 0 aromatic heterocycles. The Morgan fingerprint density at radius 2 is 2.26 bits per heavy atom. The van der Waals surface area contributed by atoms with E-state index in [1.54, 1.807) is 6.92 Å². The van der Waals surface area contributed by atoms with E-state index in [0.717, 1.165) is 0 Å². The standard InChI is InChI=1S/C12H13N3O4/c1-2-19-11(16)5-8-3-4-9(6-13)10(7-14)12(8)15(17)18/h3-4H,2,5,7,14H2,1H3. The van der Waals surface area contributed by atoms with E-state index in [1.807, 2.05) is 6.07 Å². The van der Waals surface area contributed by atoms with Gasteiger partial charge in [0.15, 0.2) is 0 Å². The highest BCUT2D eigenvalue weighted by molar-refractivity contribution is 5.75. The van der Waals surface area contributed by atoms with Gasteiger partial charge in [-0.2, -0.15) is 5.26 Å². The highest BCUT2D eigenvalue weighted by Crippen LogP contribution is 2.27. The van der Waals surface area contributed by atoms with Gasteiger partial charge < -0.3 is 10.5 Å². The molecule has 0 aliphatic rings. The molecule has 1 aromatic rings. The Morgan fingerprint density at radius 1 is 1.58 bits per heavy atom. The van der Waals surface area contributed by atoms with Gasteiger partial charge in [-0.25, -0.2) is 0 Å². The van der Waals surface area contributed by atoms with E-state index in [4.69, 9.17) is 15.7 Å². The zero-order chi connectivity index (χ0) is 14.4. The van der Waals surface area contributed by atoms with Crippen LogP contribution >= 0.6 is 0 Å². The number of nitrogens with zero attached hydrogens (tertiary/aromatic N) is 2. The second-order valence-electron chi connectivity index (χ2n) is 3.65. The molecule has 7 nitrogen and oxygen atoms in total. The van der Waals surface area contributed by atoms with Gasteiger partial charge in [0, 0.05) is 12.1 Å². The predicted molar refractivity (Wildman–Crippen MR) is 66.0 cm³/mol. The van der Waals surface area contributed by atoms with Gasteiger partial charge in [-0.1, -0.05) is 6.07 Å². The predicted octanol–water partition coefficient (Wildman–Crippen LogP) is 1.03. The summed E-state index contributed by atoms with van der Waals surface area (Å²) in [5.41, 5.74) is 5.64. The molecule has 0 radical (unpaired) electrons. The Morgan fingerprint density at radius 3 is 2.74 bits per heavy atom. The minimum atomic E-state index is -0.627. The van der Waals surface area contributed by atoms with Crippen molar-refractivity contribution in [1.82, 2.24) is 0 Å². The number of nitrogens with two attached hydrogens (primary N) is 1. The summed E-state index contributed by atoms with van der Waals surface area (Å²) in [5, 5.41) is 20.0. The molecule has 0 aliphatic heterocycles. The second-order valence-corrected chi connectivity index (χ2v) is 3.65. The monoisotopic (exact) mass is 263 g/mol. The fourth-order valence-corrected chi connectivity index (χ4v) is 1.73. The molecule has 2 N–H and O–H groups in total. The maximum Gasteiger partial charge on any atom is 0.310 e. The van der Waals surface area contributed by atoms with Crippen molar-refractivity contribution in [3.05, 3.63) is 38.9 Å². The molecule has 0 bridgehead atoms. The van der Waals surface area contributed by atoms with Crippen LogP contribution in [0.3, 0.4) is 0 Å². The molecule has 0 unspecified atom stereocenters. The zero-order valence-electron chi connectivity index (χ0n) is 10.4. The number of nitro groups is 1. The average molecular weight is 263 g/mol. The van der Waals surface area contributed by atoms with Crippen molar-refractivity contribution in [2.45, 2.75) is 19.9 Å². The van der Waals surface area contributed by atoms with Crippen molar-refractivity contribution in [2.75, 3.05) is 6.61 Å². The molecule has 7 heteroatoms. The van der Waals surface area contributed by atoms with Crippen molar-refractivity contribution < 1.29 is 14.5 Å². The van der Waals surface area contributed by atoms with Gasteiger partial charge in [0.2, 0.25) is 0 Å². The van der Waals surface area contributed by atoms with Crippen molar-refractivity contribution in [2.24, 2.45) is 5.73 Å². The van der Waals surface area contributed by atoms with Gasteiger partial charge in [-0.05, 0) is 13.0 Å². The summed E-state index contributed by atoms with van der Waals surface area (Å²) in [6.07, 6.45) is -0.219. The van der Waals surface area contributed by atoms with Gasteiger partial charge in [-0.15, -0.1) is 0 Å². The minimum absolute atomic E-state index is 0.134. The zero-order valence-corrected chi connectivity index (χ0v) is 10.4. The maximum atomic E-state index is 11.4. The maximum absolute atomic E-state index is 11.4. The van der Waals surface area contributed by atoms with E-state index in [0.29, 0.717) is 0 Å². The van der Waals surface area contributed by atoms with Crippen LogP contribution in [0.5, 0.6) is 0 Å². The molecule has 0 fully saturated rings. The fraction of sp³-hybridized carbons (Fsp3) is 0.333. The van der Waals surface area contributed by atoms with Crippen molar-refractivity contribution in [3.63, 3.8) is 0 Å². The van der Waals surface area contributed by atoms with E-state index in [9.17, 15) is 14.9 Å². The lowest BCUT2D eigenvalue weighted by Crippen LogP contribution is -2.12. The summed E-state index contributed by atoms with van der Waals surface area (Å²) in [6.45, 7) is 1.71. The van der Waals surface area contributed by atoms with Gasteiger partial charge >= 0.3 is 5.97 Å². The quantitative estimate of drug-likeness (QED) is 0.481. The summed E-state index contributed by atoms with van der Waals surface area (Å²) in [6, 6.07) is 4.65. The number of esters is 1. The van der Waals surface area contributed by atoms with Gasteiger partial charge in [0.25, 0.3) is 5.69 Å². The summed E-state index contributed by atoms with van der Waals surface area (Å²) in [5.74, 6) is -0.557. The largest absolute Gasteiger partial charge is 0.466 e. The van der Waals surface area contributed by atoms with Gasteiger partial charge in [0.05, 0.1) is 35.1 Å². The Balaban J connectivity index is 3.29. The van der Waals surface area contributed by atoms with Crippen LogP contribution in [0.15, 0.2) is 12.1 Å². The number of benzene rings is 1. The smallest absolute Gasteiger partial charge is 0.310 e. The average Bonchev–Trinajstić information content (AvgIpc) is 2.37. The first kappa shape index (κ1) is 14.6. The van der Waals surface area contributed by atoms with Crippen LogP contribution in [0.4, 0.5) is 5.69 Å². The minimum Gasteiger partial charge on any atom is -0.466 e. The van der Waals surface area contributed by atoms with Crippen molar-refractivity contribution in [1.29, 1.82) is 5.26 Å². The highest BCUT2D eigenvalue weighted by Gasteiger charge is 2.23. The van der Waals surface area contributed by atoms with Crippen molar-refractivity contribution >= 4 is 11.7 Å². The lowest BCUT2D eigenvalue weighted by molar-refractivity contribution is -0.386. The summed E-state index contributed by atoms with van der Waals surface area (Å²) in [4.78, 5) is 21.9. The topological polar surface area (TPSA) is 119 Å². The molecule has 0 atom stereocenters.